The Kier molecular flexibility index (Phi) is 72.3. The maximum atomic E-state index is 13.0. The normalized spacial score (nSPS) is 11.6. The van der Waals surface area contributed by atoms with Crippen LogP contribution in [-0.2, 0) is 38.2 Å². The first kappa shape index (κ1) is 91.2. The van der Waals surface area contributed by atoms with E-state index in [9.17, 15) is 29.1 Å². The molecule has 0 aliphatic heterocycles. The number of hydrogen-bond acceptors (Lipinski definition) is 11. The molecule has 0 aromatic carbocycles. The number of rotatable bonds is 77. The van der Waals surface area contributed by atoms with Crippen LogP contribution in [0.25, 0.3) is 0 Å². The Bertz CT molecular complexity index is 1610. The van der Waals surface area contributed by atoms with E-state index in [4.69, 9.17) is 14.2 Å². The molecule has 0 radical (unpaired) electrons. The van der Waals surface area contributed by atoms with Crippen LogP contribution in [0.15, 0.2) is 0 Å². The van der Waals surface area contributed by atoms with E-state index in [0.29, 0.717) is 58.2 Å². The van der Waals surface area contributed by atoms with Gasteiger partial charge in [0.05, 0.1) is 6.61 Å². The molecule has 0 atom stereocenters. The first-order chi connectivity index (χ1) is 46.1. The number of aliphatic hydroxyl groups is 1. The van der Waals surface area contributed by atoms with E-state index in [1.54, 1.807) is 0 Å². The maximum Gasteiger partial charge on any atom is 0.306 e. The monoisotopic (exact) mass is 1330 g/mol. The van der Waals surface area contributed by atoms with Crippen molar-refractivity contribution < 1.29 is 43.3 Å². The lowest BCUT2D eigenvalue weighted by Crippen LogP contribution is -2.37. The first-order valence-corrected chi connectivity index (χ1v) is 41.3. The standard InChI is InChI=1S/C81H158N4O9/c1-6-11-16-21-26-27-28-35-46-62-79(89)92-74-54-41-52-70-85(68-50-39-30-37-48-64-81(91)94-76(58-44-33-24-19-14-9-4)59-45-34-25-20-15-10-5)72-66-83-78(88)61-55-60-77(87)82-65-71-84(69-51-40-53-73-86)67-49-38-29-36-47-63-80(90)93-75(56-42-31-22-17-12-7-2)57-43-32-23-18-13-8-3/h75-76,86H,6-74H2,1-5H3,(H,82,87)(H,83,88). The SMILES string of the molecule is CCCCCCCCCCCC(=O)OCCCCCN(CCCCCCCC(=O)OC(CCCCCCCC)CCCCCCCC)CCNC(=O)CCCC(=O)NCCN(CCCCCO)CCCCCCCC(=O)OC(CCCCCCCC)CCCCCCCC. The molecule has 0 spiro atoms. The molecule has 0 aromatic heterocycles. The molecule has 0 saturated carbocycles. The summed E-state index contributed by atoms with van der Waals surface area (Å²) in [5.74, 6) is -0.147. The molecule has 0 aromatic rings. The number of hydrogen-bond donors (Lipinski definition) is 3. The Hall–Kier alpha value is -2.77. The minimum atomic E-state index is -0.0695. The first-order valence-electron chi connectivity index (χ1n) is 41.3. The predicted molar refractivity (Wildman–Crippen MR) is 397 cm³/mol. The fourth-order valence-corrected chi connectivity index (χ4v) is 12.9. The Labute approximate surface area is 581 Å². The molecule has 94 heavy (non-hydrogen) atoms. The van der Waals surface area contributed by atoms with Crippen LogP contribution in [0.2, 0.25) is 0 Å². The van der Waals surface area contributed by atoms with Crippen LogP contribution in [0.1, 0.15) is 413 Å². The molecular formula is C81H158N4O9. The van der Waals surface area contributed by atoms with Crippen LogP contribution in [0.3, 0.4) is 0 Å². The van der Waals surface area contributed by atoms with Crippen molar-refractivity contribution in [3.8, 4) is 0 Å². The van der Waals surface area contributed by atoms with Crippen molar-refractivity contribution in [1.29, 1.82) is 0 Å². The van der Waals surface area contributed by atoms with E-state index in [-0.39, 0.29) is 48.5 Å². The van der Waals surface area contributed by atoms with E-state index in [2.05, 4.69) is 55.1 Å². The minimum Gasteiger partial charge on any atom is -0.466 e. The number of carbonyl (C=O) groups excluding carboxylic acids is 5. The smallest absolute Gasteiger partial charge is 0.306 e. The van der Waals surface area contributed by atoms with Gasteiger partial charge in [-0.3, -0.25) is 24.0 Å². The molecule has 0 saturated heterocycles. The van der Waals surface area contributed by atoms with Gasteiger partial charge in [-0.25, -0.2) is 0 Å². The van der Waals surface area contributed by atoms with Crippen LogP contribution in [0, 0.1) is 0 Å². The van der Waals surface area contributed by atoms with Gasteiger partial charge in [0.15, 0.2) is 0 Å². The maximum absolute atomic E-state index is 13.0. The quantitative estimate of drug-likeness (QED) is 0.0302. The Morgan fingerprint density at radius 2 is 0.553 bits per heavy atom. The zero-order chi connectivity index (χ0) is 68.5. The van der Waals surface area contributed by atoms with Gasteiger partial charge in [-0.2, -0.15) is 0 Å². The minimum absolute atomic E-state index is 0.0170. The molecule has 0 heterocycles. The third kappa shape index (κ3) is 67.8. The molecule has 0 fully saturated rings. The van der Waals surface area contributed by atoms with Crippen LogP contribution in [0.5, 0.6) is 0 Å². The third-order valence-corrected chi connectivity index (χ3v) is 19.1. The third-order valence-electron chi connectivity index (χ3n) is 19.1. The lowest BCUT2D eigenvalue weighted by Gasteiger charge is -2.23. The molecule has 3 N–H and O–H groups in total. The summed E-state index contributed by atoms with van der Waals surface area (Å²) in [5.41, 5.74) is 0. The summed E-state index contributed by atoms with van der Waals surface area (Å²) in [6, 6.07) is 0. The van der Waals surface area contributed by atoms with E-state index in [0.717, 1.165) is 206 Å². The number of nitrogens with one attached hydrogen (secondary N) is 2. The topological polar surface area (TPSA) is 164 Å². The highest BCUT2D eigenvalue weighted by Gasteiger charge is 2.17. The average molecular weight is 1330 g/mol. The van der Waals surface area contributed by atoms with Crippen molar-refractivity contribution in [3.05, 3.63) is 0 Å². The van der Waals surface area contributed by atoms with E-state index in [1.807, 2.05) is 0 Å². The zero-order valence-electron chi connectivity index (χ0n) is 63.1. The van der Waals surface area contributed by atoms with Crippen molar-refractivity contribution in [3.63, 3.8) is 0 Å². The Morgan fingerprint density at radius 1 is 0.287 bits per heavy atom. The highest BCUT2D eigenvalue weighted by molar-refractivity contribution is 5.78. The van der Waals surface area contributed by atoms with E-state index < -0.39 is 0 Å². The average Bonchev–Trinajstić information content (AvgIpc) is 3.70. The van der Waals surface area contributed by atoms with Crippen LogP contribution in [-0.4, -0.2) is 122 Å². The summed E-state index contributed by atoms with van der Waals surface area (Å²) < 4.78 is 17.8. The van der Waals surface area contributed by atoms with Gasteiger partial charge >= 0.3 is 17.9 Å². The number of unbranched alkanes of at least 4 members (excludes halogenated alkanes) is 40. The van der Waals surface area contributed by atoms with Gasteiger partial charge in [-0.15, -0.1) is 0 Å². The van der Waals surface area contributed by atoms with Crippen LogP contribution < -0.4 is 10.6 Å². The van der Waals surface area contributed by atoms with Crippen molar-refractivity contribution in [2.24, 2.45) is 0 Å². The summed E-state index contributed by atoms with van der Waals surface area (Å²) >= 11 is 0. The lowest BCUT2D eigenvalue weighted by molar-refractivity contribution is -0.151. The largest absolute Gasteiger partial charge is 0.466 e. The number of nitrogens with zero attached hydrogens (tertiary/aromatic N) is 2. The zero-order valence-corrected chi connectivity index (χ0v) is 63.1. The Morgan fingerprint density at radius 3 is 0.872 bits per heavy atom. The highest BCUT2D eigenvalue weighted by Crippen LogP contribution is 2.21. The number of carbonyl (C=O) groups is 5. The second-order valence-electron chi connectivity index (χ2n) is 28.4. The van der Waals surface area contributed by atoms with Crippen molar-refractivity contribution in [1.82, 2.24) is 20.4 Å². The fraction of sp³-hybridized carbons (Fsp3) is 0.938. The molecule has 0 aliphatic carbocycles. The van der Waals surface area contributed by atoms with Gasteiger partial charge < -0.3 is 39.8 Å². The van der Waals surface area contributed by atoms with E-state index in [1.165, 1.54) is 173 Å². The fourth-order valence-electron chi connectivity index (χ4n) is 12.9. The van der Waals surface area contributed by atoms with Gasteiger partial charge in [0.1, 0.15) is 12.2 Å². The van der Waals surface area contributed by atoms with Gasteiger partial charge in [-0.05, 0) is 155 Å². The molecule has 13 heteroatoms. The molecule has 2 amide bonds. The second-order valence-corrected chi connectivity index (χ2v) is 28.4. The Balaban J connectivity index is 4.97. The molecule has 556 valence electrons. The summed E-state index contributed by atoms with van der Waals surface area (Å²) in [7, 11) is 0. The molecule has 0 aliphatic rings. The number of esters is 3. The lowest BCUT2D eigenvalue weighted by atomic mass is 10.0. The van der Waals surface area contributed by atoms with Crippen LogP contribution >= 0.6 is 0 Å². The van der Waals surface area contributed by atoms with E-state index >= 15 is 0 Å². The molecule has 0 rings (SSSR count). The number of amides is 2. The molecular weight excluding hydrogens is 1170 g/mol. The molecule has 0 bridgehead atoms. The van der Waals surface area contributed by atoms with Gasteiger partial charge in [0.25, 0.3) is 0 Å². The summed E-state index contributed by atoms with van der Waals surface area (Å²) in [5, 5.41) is 15.6. The summed E-state index contributed by atoms with van der Waals surface area (Å²) in [6.45, 7) is 18.4. The highest BCUT2D eigenvalue weighted by atomic mass is 16.5. The summed E-state index contributed by atoms with van der Waals surface area (Å²) in [6.07, 6.45) is 64.0. The van der Waals surface area contributed by atoms with Crippen molar-refractivity contribution in [2.75, 3.05) is 65.6 Å². The predicted octanol–water partition coefficient (Wildman–Crippen LogP) is 21.3. The van der Waals surface area contributed by atoms with Crippen LogP contribution in [0.4, 0.5) is 0 Å². The second kappa shape index (κ2) is 74.5. The summed E-state index contributed by atoms with van der Waals surface area (Å²) in [4.78, 5) is 69.3. The van der Waals surface area contributed by atoms with Gasteiger partial charge in [0, 0.05) is 64.9 Å². The van der Waals surface area contributed by atoms with Crippen molar-refractivity contribution in [2.45, 2.75) is 426 Å². The molecule has 13 nitrogen and oxygen atoms in total. The molecule has 0 unspecified atom stereocenters. The number of ether oxygens (including phenoxy) is 3. The van der Waals surface area contributed by atoms with Gasteiger partial charge in [0.2, 0.25) is 11.8 Å². The van der Waals surface area contributed by atoms with Gasteiger partial charge in [-0.1, -0.05) is 253 Å². The van der Waals surface area contributed by atoms with Crippen molar-refractivity contribution >= 4 is 29.7 Å². The number of aliphatic hydroxyl groups excluding tert-OH is 1.